The fraction of sp³-hybridized carbons (Fsp3) is 0.650. The highest BCUT2D eigenvalue weighted by atomic mass is 79.9. The zero-order chi connectivity index (χ0) is 22.2. The van der Waals surface area contributed by atoms with E-state index in [1.54, 1.807) is 12.1 Å². The standard InChI is InChI=1S/C9H11BrN2O2.C9H13N3O2.C2H3N/c2*10-8-3-7(9(13)4-14-5-9)12(11-8)6-1-2-6;1-2-3/h3,6,13H,1-2,4-5H2;3,6,13H,1-2,4-5H2,(H2,10,11);1H3. The Morgan fingerprint density at radius 1 is 1.00 bits per heavy atom. The van der Waals surface area contributed by atoms with Gasteiger partial charge in [0.15, 0.2) is 11.2 Å². The van der Waals surface area contributed by atoms with Crippen LogP contribution in [0.5, 0.6) is 0 Å². The van der Waals surface area contributed by atoms with Gasteiger partial charge in [-0.1, -0.05) is 0 Å². The second-order valence-electron chi connectivity index (χ2n) is 8.43. The quantitative estimate of drug-likeness (QED) is 0.582. The van der Waals surface area contributed by atoms with E-state index in [-0.39, 0.29) is 0 Å². The zero-order valence-electron chi connectivity index (χ0n) is 17.4. The number of anilines is 1. The van der Waals surface area contributed by atoms with Crippen molar-refractivity contribution >= 4 is 21.7 Å². The number of halogens is 1. The molecule has 0 amide bonds. The van der Waals surface area contributed by atoms with Crippen molar-refractivity contribution < 1.29 is 19.7 Å². The number of ether oxygens (including phenoxy) is 2. The molecule has 31 heavy (non-hydrogen) atoms. The lowest BCUT2D eigenvalue weighted by Gasteiger charge is -2.36. The molecule has 2 saturated carbocycles. The molecule has 4 fully saturated rings. The molecule has 4 aliphatic rings. The number of hydrogen-bond donors (Lipinski definition) is 3. The number of aliphatic hydroxyl groups is 2. The van der Waals surface area contributed by atoms with E-state index in [4.69, 9.17) is 20.5 Å². The number of nitrogen functional groups attached to an aromatic ring is 1. The van der Waals surface area contributed by atoms with Gasteiger partial charge in [0.25, 0.3) is 0 Å². The fourth-order valence-corrected chi connectivity index (χ4v) is 3.94. The number of aromatic nitrogens is 4. The first-order valence-corrected chi connectivity index (χ1v) is 11.1. The van der Waals surface area contributed by atoms with Crippen molar-refractivity contribution in [1.82, 2.24) is 19.6 Å². The number of nitriles is 1. The molecule has 2 aromatic rings. The van der Waals surface area contributed by atoms with Crippen LogP contribution in [0.1, 0.15) is 56.1 Å². The third kappa shape index (κ3) is 4.63. The van der Waals surface area contributed by atoms with Gasteiger partial charge < -0.3 is 25.4 Å². The van der Waals surface area contributed by atoms with Gasteiger partial charge >= 0.3 is 0 Å². The SMILES string of the molecule is CC#N.Nc1cc(C2(O)COC2)n(C2CC2)n1.OC1(c2cc(Br)nn2C2CC2)COC1. The minimum Gasteiger partial charge on any atom is -0.382 e. The Labute approximate surface area is 188 Å². The maximum absolute atomic E-state index is 10.1. The molecule has 0 aromatic carbocycles. The van der Waals surface area contributed by atoms with E-state index in [2.05, 4.69) is 26.1 Å². The van der Waals surface area contributed by atoms with Gasteiger partial charge in [0.2, 0.25) is 0 Å². The number of nitrogens with zero attached hydrogens (tertiary/aromatic N) is 5. The number of nitrogens with two attached hydrogens (primary N) is 1. The van der Waals surface area contributed by atoms with Crippen LogP contribution in [0.25, 0.3) is 0 Å². The van der Waals surface area contributed by atoms with Crippen LogP contribution < -0.4 is 5.73 Å². The maximum Gasteiger partial charge on any atom is 0.152 e. The average Bonchev–Trinajstić information content (AvgIpc) is 3.61. The van der Waals surface area contributed by atoms with Crippen molar-refractivity contribution in [1.29, 1.82) is 5.26 Å². The normalized spacial score (nSPS) is 22.5. The number of hydrogen-bond acceptors (Lipinski definition) is 8. The molecule has 6 rings (SSSR count). The van der Waals surface area contributed by atoms with Crippen LogP contribution in [-0.4, -0.2) is 56.2 Å². The molecule has 0 spiro atoms. The minimum absolute atomic E-state index is 0.352. The molecule has 4 heterocycles. The van der Waals surface area contributed by atoms with Crippen molar-refractivity contribution in [2.24, 2.45) is 0 Å². The molecule has 2 aromatic heterocycles. The highest BCUT2D eigenvalue weighted by molar-refractivity contribution is 9.10. The van der Waals surface area contributed by atoms with E-state index in [1.807, 2.05) is 15.4 Å². The van der Waals surface area contributed by atoms with Gasteiger partial charge in [-0.2, -0.15) is 15.5 Å². The topological polar surface area (TPSA) is 144 Å². The smallest absolute Gasteiger partial charge is 0.152 e. The molecule has 2 aliphatic heterocycles. The Morgan fingerprint density at radius 3 is 1.81 bits per heavy atom. The van der Waals surface area contributed by atoms with Crippen molar-refractivity contribution in [3.05, 3.63) is 28.1 Å². The Hall–Kier alpha value is -1.97. The monoisotopic (exact) mass is 494 g/mol. The lowest BCUT2D eigenvalue weighted by Crippen LogP contribution is -2.48. The van der Waals surface area contributed by atoms with Crippen LogP contribution in [0.3, 0.4) is 0 Å². The summed E-state index contributed by atoms with van der Waals surface area (Å²) in [4.78, 5) is 0. The Bertz CT molecular complexity index is 895. The average molecular weight is 495 g/mol. The van der Waals surface area contributed by atoms with Crippen LogP contribution in [0.2, 0.25) is 0 Å². The van der Waals surface area contributed by atoms with Crippen LogP contribution >= 0.6 is 15.9 Å². The van der Waals surface area contributed by atoms with Crippen molar-refractivity contribution in [2.45, 2.75) is 55.9 Å². The van der Waals surface area contributed by atoms with Gasteiger partial charge in [-0.15, -0.1) is 0 Å². The summed E-state index contributed by atoms with van der Waals surface area (Å²) in [6.07, 6.45) is 4.59. The van der Waals surface area contributed by atoms with Gasteiger partial charge in [-0.05, 0) is 47.7 Å². The maximum atomic E-state index is 10.1. The second kappa shape index (κ2) is 8.52. The summed E-state index contributed by atoms with van der Waals surface area (Å²) in [6, 6.07) is 6.31. The number of rotatable bonds is 4. The van der Waals surface area contributed by atoms with Crippen molar-refractivity contribution in [3.63, 3.8) is 0 Å². The van der Waals surface area contributed by atoms with Crippen molar-refractivity contribution in [2.75, 3.05) is 32.2 Å². The molecule has 2 saturated heterocycles. The van der Waals surface area contributed by atoms with E-state index < -0.39 is 11.2 Å². The van der Waals surface area contributed by atoms with Crippen LogP contribution in [-0.2, 0) is 20.7 Å². The van der Waals surface area contributed by atoms with E-state index in [0.717, 1.165) is 41.7 Å². The Kier molecular flexibility index (Phi) is 6.11. The van der Waals surface area contributed by atoms with Gasteiger partial charge in [0.05, 0.1) is 56.0 Å². The van der Waals surface area contributed by atoms with Gasteiger partial charge in [0, 0.05) is 13.0 Å². The molecule has 0 unspecified atom stereocenters. The summed E-state index contributed by atoms with van der Waals surface area (Å²) in [5.41, 5.74) is 5.67. The fourth-order valence-electron chi connectivity index (χ4n) is 3.55. The van der Waals surface area contributed by atoms with E-state index >= 15 is 0 Å². The molecular weight excluding hydrogens is 468 g/mol. The van der Waals surface area contributed by atoms with Crippen LogP contribution in [0, 0.1) is 11.3 Å². The molecule has 4 N–H and O–H groups in total. The largest absolute Gasteiger partial charge is 0.382 e. The van der Waals surface area contributed by atoms with Gasteiger partial charge in [-0.25, -0.2) is 0 Å². The summed E-state index contributed by atoms with van der Waals surface area (Å²) in [5, 5.41) is 36.1. The lowest BCUT2D eigenvalue weighted by atomic mass is 9.98. The third-order valence-corrected chi connectivity index (χ3v) is 5.95. The molecule has 2 aliphatic carbocycles. The van der Waals surface area contributed by atoms with Crippen LogP contribution in [0.15, 0.2) is 16.7 Å². The zero-order valence-corrected chi connectivity index (χ0v) is 19.0. The van der Waals surface area contributed by atoms with E-state index in [1.165, 1.54) is 6.92 Å². The molecule has 11 heteroatoms. The Balaban J connectivity index is 0.000000133. The van der Waals surface area contributed by atoms with Gasteiger partial charge in [-0.3, -0.25) is 9.36 Å². The highest BCUT2D eigenvalue weighted by Crippen LogP contribution is 2.41. The summed E-state index contributed by atoms with van der Waals surface area (Å²) in [7, 11) is 0. The first kappa shape index (κ1) is 22.2. The third-order valence-electron chi connectivity index (χ3n) is 5.56. The first-order valence-electron chi connectivity index (χ1n) is 10.3. The molecule has 0 atom stereocenters. The summed E-state index contributed by atoms with van der Waals surface area (Å²) in [6.45, 7) is 2.91. The molecule has 10 nitrogen and oxygen atoms in total. The minimum atomic E-state index is -0.854. The van der Waals surface area contributed by atoms with E-state index in [0.29, 0.717) is 44.3 Å². The Morgan fingerprint density at radius 2 is 1.42 bits per heavy atom. The van der Waals surface area contributed by atoms with Crippen molar-refractivity contribution in [3.8, 4) is 6.07 Å². The van der Waals surface area contributed by atoms with Crippen LogP contribution in [0.4, 0.5) is 5.82 Å². The van der Waals surface area contributed by atoms with E-state index in [9.17, 15) is 10.2 Å². The summed E-state index contributed by atoms with van der Waals surface area (Å²) in [5.74, 6) is 0.479. The molecule has 168 valence electrons. The molecular formula is C20H27BrN6O4. The highest BCUT2D eigenvalue weighted by Gasteiger charge is 2.44. The first-order chi connectivity index (χ1) is 14.8. The van der Waals surface area contributed by atoms with Gasteiger partial charge in [0.1, 0.15) is 10.4 Å². The second-order valence-corrected chi connectivity index (χ2v) is 9.24. The predicted molar refractivity (Wildman–Crippen MR) is 114 cm³/mol. The summed E-state index contributed by atoms with van der Waals surface area (Å²) < 4.78 is 14.7. The predicted octanol–water partition coefficient (Wildman–Crippen LogP) is 1.75. The lowest BCUT2D eigenvalue weighted by molar-refractivity contribution is -0.188. The molecule has 0 radical (unpaired) electrons. The molecule has 0 bridgehead atoms. The summed E-state index contributed by atoms with van der Waals surface area (Å²) >= 11 is 3.34.